The zero-order valence-electron chi connectivity index (χ0n) is 16.9. The van der Waals surface area contributed by atoms with Gasteiger partial charge in [0.2, 0.25) is 0 Å². The Morgan fingerprint density at radius 1 is 0.793 bits per heavy atom. The molecule has 3 heteroatoms. The molecule has 0 unspecified atom stereocenters. The summed E-state index contributed by atoms with van der Waals surface area (Å²) >= 11 is 0. The van der Waals surface area contributed by atoms with Gasteiger partial charge in [-0.1, -0.05) is 54.6 Å². The second-order valence-electron chi connectivity index (χ2n) is 8.39. The van der Waals surface area contributed by atoms with Crippen molar-refractivity contribution < 1.29 is 4.74 Å². The lowest BCUT2D eigenvalue weighted by molar-refractivity contribution is -0.0449. The minimum atomic E-state index is 0.187. The van der Waals surface area contributed by atoms with Crippen molar-refractivity contribution in [2.45, 2.75) is 37.8 Å². The second-order valence-corrected chi connectivity index (χ2v) is 8.39. The summed E-state index contributed by atoms with van der Waals surface area (Å²) in [6.45, 7) is 4.09. The predicted molar refractivity (Wildman–Crippen MR) is 118 cm³/mol. The zero-order valence-corrected chi connectivity index (χ0v) is 16.9. The normalized spacial score (nSPS) is 18.9. The quantitative estimate of drug-likeness (QED) is 0.589. The van der Waals surface area contributed by atoms with Crippen molar-refractivity contribution in [2.75, 3.05) is 19.7 Å². The minimum absolute atomic E-state index is 0.187. The molecule has 0 radical (unpaired) electrons. The van der Waals surface area contributed by atoms with Gasteiger partial charge >= 0.3 is 0 Å². The maximum absolute atomic E-state index is 6.06. The lowest BCUT2D eigenvalue weighted by atomic mass is 9.88. The van der Waals surface area contributed by atoms with Crippen LogP contribution in [0, 0.1) is 0 Å². The second kappa shape index (κ2) is 8.10. The van der Waals surface area contributed by atoms with Crippen molar-refractivity contribution in [3.8, 4) is 22.3 Å². The summed E-state index contributed by atoms with van der Waals surface area (Å²) in [7, 11) is 0. The highest BCUT2D eigenvalue weighted by Crippen LogP contribution is 2.36. The monoisotopic (exact) mass is 384 g/mol. The molecule has 0 amide bonds. The number of nitrogens with zero attached hydrogens (tertiary/aromatic N) is 2. The van der Waals surface area contributed by atoms with Crippen LogP contribution in [0.25, 0.3) is 22.3 Å². The predicted octanol–water partition coefficient (Wildman–Crippen LogP) is 5.56. The van der Waals surface area contributed by atoms with Gasteiger partial charge < -0.3 is 4.74 Å². The Morgan fingerprint density at radius 2 is 1.48 bits per heavy atom. The fourth-order valence-electron chi connectivity index (χ4n) is 4.73. The van der Waals surface area contributed by atoms with E-state index in [0.717, 1.165) is 44.8 Å². The highest BCUT2D eigenvalue weighted by atomic mass is 16.5. The third-order valence-electron chi connectivity index (χ3n) is 6.48. The van der Waals surface area contributed by atoms with Crippen LogP contribution in [0.2, 0.25) is 0 Å². The van der Waals surface area contributed by atoms with Crippen molar-refractivity contribution >= 4 is 0 Å². The number of rotatable bonds is 4. The van der Waals surface area contributed by atoms with Crippen LogP contribution in [0.3, 0.4) is 0 Å². The van der Waals surface area contributed by atoms with Gasteiger partial charge in [0.25, 0.3) is 0 Å². The Balaban J connectivity index is 1.26. The maximum atomic E-state index is 6.06. The Hall–Kier alpha value is -2.49. The van der Waals surface area contributed by atoms with Gasteiger partial charge in [0, 0.05) is 32.4 Å². The van der Waals surface area contributed by atoms with Gasteiger partial charge in [0.05, 0.1) is 11.3 Å². The summed E-state index contributed by atoms with van der Waals surface area (Å²) in [5.74, 6) is 0. The van der Waals surface area contributed by atoms with Crippen LogP contribution in [-0.4, -0.2) is 35.2 Å². The summed E-state index contributed by atoms with van der Waals surface area (Å²) < 4.78 is 6.06. The Morgan fingerprint density at radius 3 is 2.17 bits per heavy atom. The number of piperidine rings is 1. The first-order valence-corrected chi connectivity index (χ1v) is 10.8. The van der Waals surface area contributed by atoms with E-state index >= 15 is 0 Å². The molecule has 3 aromatic rings. The number of benzene rings is 2. The molecule has 3 nitrogen and oxygen atoms in total. The standard InChI is InChI=1S/C26H28N2O/c1-2-5-21(6-3-1)22-7-9-23(10-8-22)24-11-15-27-25(19-24)20-28-16-13-26(14-17-28)12-4-18-29-26/h1-3,5-11,15,19H,4,12-14,16-18,20H2. The summed E-state index contributed by atoms with van der Waals surface area (Å²) in [6.07, 6.45) is 6.74. The van der Waals surface area contributed by atoms with Crippen molar-refractivity contribution in [3.05, 3.63) is 78.6 Å². The van der Waals surface area contributed by atoms with Crippen LogP contribution in [-0.2, 0) is 11.3 Å². The number of likely N-dealkylation sites (tertiary alicyclic amines) is 1. The molecular weight excluding hydrogens is 356 g/mol. The number of aromatic nitrogens is 1. The van der Waals surface area contributed by atoms with Gasteiger partial charge in [-0.25, -0.2) is 0 Å². The van der Waals surface area contributed by atoms with E-state index in [1.54, 1.807) is 0 Å². The van der Waals surface area contributed by atoms with Crippen LogP contribution in [0.5, 0.6) is 0 Å². The van der Waals surface area contributed by atoms with Crippen LogP contribution >= 0.6 is 0 Å². The zero-order chi connectivity index (χ0) is 19.5. The van der Waals surface area contributed by atoms with Crippen LogP contribution in [0.4, 0.5) is 0 Å². The molecule has 0 saturated carbocycles. The number of ether oxygens (including phenoxy) is 1. The lowest BCUT2D eigenvalue weighted by Gasteiger charge is -2.38. The van der Waals surface area contributed by atoms with Gasteiger partial charge in [0.1, 0.15) is 0 Å². The van der Waals surface area contributed by atoms with E-state index in [1.165, 1.54) is 35.1 Å². The topological polar surface area (TPSA) is 25.4 Å². The smallest absolute Gasteiger partial charge is 0.0707 e. The average molecular weight is 385 g/mol. The molecule has 29 heavy (non-hydrogen) atoms. The molecule has 5 rings (SSSR count). The van der Waals surface area contributed by atoms with Gasteiger partial charge in [-0.3, -0.25) is 9.88 Å². The first-order chi connectivity index (χ1) is 14.3. The number of pyridine rings is 1. The van der Waals surface area contributed by atoms with Gasteiger partial charge in [0.15, 0.2) is 0 Å². The molecule has 2 aliphatic heterocycles. The molecule has 3 heterocycles. The van der Waals surface area contributed by atoms with E-state index in [0.29, 0.717) is 0 Å². The SMILES string of the molecule is c1ccc(-c2ccc(-c3ccnc(CN4CCC5(CCCO5)CC4)c3)cc2)cc1. The highest BCUT2D eigenvalue weighted by molar-refractivity contribution is 5.70. The molecule has 2 saturated heterocycles. The van der Waals surface area contributed by atoms with Crippen LogP contribution in [0.1, 0.15) is 31.4 Å². The minimum Gasteiger partial charge on any atom is -0.375 e. The first-order valence-electron chi connectivity index (χ1n) is 10.8. The Labute approximate surface area is 173 Å². The van der Waals surface area contributed by atoms with Crippen molar-refractivity contribution in [2.24, 2.45) is 0 Å². The van der Waals surface area contributed by atoms with E-state index < -0.39 is 0 Å². The maximum Gasteiger partial charge on any atom is 0.0707 e. The Kier molecular flexibility index (Phi) is 5.17. The lowest BCUT2D eigenvalue weighted by Crippen LogP contribution is -2.43. The average Bonchev–Trinajstić information content (AvgIpc) is 3.25. The molecule has 0 atom stereocenters. The van der Waals surface area contributed by atoms with E-state index in [4.69, 9.17) is 4.74 Å². The van der Waals surface area contributed by atoms with Crippen LogP contribution in [0.15, 0.2) is 72.9 Å². The van der Waals surface area contributed by atoms with E-state index in [9.17, 15) is 0 Å². The van der Waals surface area contributed by atoms with E-state index in [2.05, 4.69) is 76.6 Å². The van der Waals surface area contributed by atoms with Crippen molar-refractivity contribution in [3.63, 3.8) is 0 Å². The molecule has 1 spiro atoms. The first kappa shape index (κ1) is 18.5. The molecule has 2 fully saturated rings. The molecule has 1 aromatic heterocycles. The third kappa shape index (κ3) is 4.12. The van der Waals surface area contributed by atoms with E-state index in [-0.39, 0.29) is 5.60 Å². The summed E-state index contributed by atoms with van der Waals surface area (Å²) in [5, 5.41) is 0. The van der Waals surface area contributed by atoms with Gasteiger partial charge in [-0.05, 0) is 60.1 Å². The fourth-order valence-corrected chi connectivity index (χ4v) is 4.73. The summed E-state index contributed by atoms with van der Waals surface area (Å²) in [4.78, 5) is 7.17. The summed E-state index contributed by atoms with van der Waals surface area (Å²) in [5.41, 5.74) is 6.32. The summed E-state index contributed by atoms with van der Waals surface area (Å²) in [6, 6.07) is 23.7. The molecule has 2 aliphatic rings. The molecule has 0 aliphatic carbocycles. The highest BCUT2D eigenvalue weighted by Gasteiger charge is 2.38. The van der Waals surface area contributed by atoms with Crippen molar-refractivity contribution in [1.29, 1.82) is 0 Å². The van der Waals surface area contributed by atoms with Gasteiger partial charge in [-0.15, -0.1) is 0 Å². The Bertz CT molecular complexity index is 936. The molecule has 0 N–H and O–H groups in total. The third-order valence-corrected chi connectivity index (χ3v) is 6.48. The fraction of sp³-hybridized carbons (Fsp3) is 0.346. The number of hydrogen-bond acceptors (Lipinski definition) is 3. The number of hydrogen-bond donors (Lipinski definition) is 0. The molecule has 148 valence electrons. The molecule has 2 aromatic carbocycles. The molecule has 0 bridgehead atoms. The van der Waals surface area contributed by atoms with Crippen LogP contribution < -0.4 is 0 Å². The van der Waals surface area contributed by atoms with Gasteiger partial charge in [-0.2, -0.15) is 0 Å². The van der Waals surface area contributed by atoms with Crippen molar-refractivity contribution in [1.82, 2.24) is 9.88 Å². The van der Waals surface area contributed by atoms with E-state index in [1.807, 2.05) is 6.20 Å². The largest absolute Gasteiger partial charge is 0.375 e. The molecular formula is C26H28N2O.